The Hall–Kier alpha value is -1.80. The number of terminal acetylenes is 1. The van der Waals surface area contributed by atoms with E-state index in [1.54, 1.807) is 0 Å². The van der Waals surface area contributed by atoms with E-state index in [0.717, 1.165) is 10.0 Å². The normalized spacial score (nSPS) is 11.6. The molecule has 0 N–H and O–H groups in total. The number of benzene rings is 1. The lowest BCUT2D eigenvalue weighted by Crippen LogP contribution is -2.27. The lowest BCUT2D eigenvalue weighted by molar-refractivity contribution is -0.159. The molecule has 1 rings (SSSR count). The van der Waals surface area contributed by atoms with Crippen molar-refractivity contribution in [1.29, 1.82) is 0 Å². The van der Waals surface area contributed by atoms with Gasteiger partial charge in [0, 0.05) is 10.4 Å². The summed E-state index contributed by atoms with van der Waals surface area (Å²) in [7, 11) is 2.50. The van der Waals surface area contributed by atoms with Crippen molar-refractivity contribution >= 4 is 27.9 Å². The highest BCUT2D eigenvalue weighted by atomic mass is 79.9. The molecule has 0 fully saturated rings. The van der Waals surface area contributed by atoms with Crippen LogP contribution in [0.1, 0.15) is 18.4 Å². The molecule has 0 amide bonds. The Kier molecular flexibility index (Phi) is 7.69. The standard InChI is InChI=1S/C17H19BrO4/c1-4-12(11-13-7-5-6-8-15(13)18)9-10-14(16(19)21-2)17(20)22-3/h1,5-8,12,14H,9-11H2,2-3H3. The number of halogens is 1. The van der Waals surface area contributed by atoms with Crippen molar-refractivity contribution in [2.24, 2.45) is 11.8 Å². The summed E-state index contributed by atoms with van der Waals surface area (Å²) in [6, 6.07) is 7.82. The lowest BCUT2D eigenvalue weighted by Gasteiger charge is -2.16. The summed E-state index contributed by atoms with van der Waals surface area (Å²) in [5.41, 5.74) is 1.10. The number of ether oxygens (including phenoxy) is 2. The van der Waals surface area contributed by atoms with Gasteiger partial charge in [-0.1, -0.05) is 34.1 Å². The Bertz CT molecular complexity index is 546. The summed E-state index contributed by atoms with van der Waals surface area (Å²) in [5.74, 6) is 0.535. The van der Waals surface area contributed by atoms with E-state index in [2.05, 4.69) is 31.3 Å². The van der Waals surface area contributed by atoms with E-state index in [9.17, 15) is 9.59 Å². The molecule has 0 bridgehead atoms. The Balaban J connectivity index is 2.70. The highest BCUT2D eigenvalue weighted by Gasteiger charge is 2.29. The molecule has 1 aromatic rings. The molecule has 0 aromatic heterocycles. The maximum Gasteiger partial charge on any atom is 0.320 e. The molecule has 0 spiro atoms. The average molecular weight is 367 g/mol. The monoisotopic (exact) mass is 366 g/mol. The number of carbonyl (C=O) groups is 2. The predicted octanol–water partition coefficient (Wildman–Crippen LogP) is 2.98. The summed E-state index contributed by atoms with van der Waals surface area (Å²) in [6.45, 7) is 0. The SMILES string of the molecule is C#CC(CCC(C(=O)OC)C(=O)OC)Cc1ccccc1Br. The highest BCUT2D eigenvalue weighted by Crippen LogP contribution is 2.23. The fourth-order valence-electron chi connectivity index (χ4n) is 2.16. The third-order valence-electron chi connectivity index (χ3n) is 3.44. The zero-order valence-electron chi connectivity index (χ0n) is 12.7. The van der Waals surface area contributed by atoms with E-state index >= 15 is 0 Å². The van der Waals surface area contributed by atoms with Gasteiger partial charge in [0.2, 0.25) is 0 Å². The molecule has 0 heterocycles. The Morgan fingerprint density at radius 2 is 1.77 bits per heavy atom. The smallest absolute Gasteiger partial charge is 0.320 e. The summed E-state index contributed by atoms with van der Waals surface area (Å²) in [5, 5.41) is 0. The van der Waals surface area contributed by atoms with Crippen LogP contribution in [-0.2, 0) is 25.5 Å². The molecule has 4 nitrogen and oxygen atoms in total. The maximum atomic E-state index is 11.6. The van der Waals surface area contributed by atoms with Crippen molar-refractivity contribution in [1.82, 2.24) is 0 Å². The van der Waals surface area contributed by atoms with Crippen molar-refractivity contribution < 1.29 is 19.1 Å². The molecule has 0 aliphatic rings. The molecule has 1 aromatic carbocycles. The zero-order chi connectivity index (χ0) is 16.5. The summed E-state index contributed by atoms with van der Waals surface area (Å²) < 4.78 is 10.3. The second kappa shape index (κ2) is 9.26. The molecule has 0 radical (unpaired) electrons. The van der Waals surface area contributed by atoms with Gasteiger partial charge in [-0.15, -0.1) is 12.3 Å². The van der Waals surface area contributed by atoms with E-state index in [-0.39, 0.29) is 5.92 Å². The van der Waals surface area contributed by atoms with Gasteiger partial charge in [-0.3, -0.25) is 9.59 Å². The van der Waals surface area contributed by atoms with Crippen molar-refractivity contribution in [3.8, 4) is 12.3 Å². The topological polar surface area (TPSA) is 52.6 Å². The van der Waals surface area contributed by atoms with Crippen LogP contribution >= 0.6 is 15.9 Å². The first-order valence-electron chi connectivity index (χ1n) is 6.88. The number of carbonyl (C=O) groups excluding carboxylic acids is 2. The lowest BCUT2D eigenvalue weighted by atomic mass is 9.91. The van der Waals surface area contributed by atoms with E-state index < -0.39 is 17.9 Å². The first kappa shape index (κ1) is 18.2. The predicted molar refractivity (Wildman–Crippen MR) is 86.9 cm³/mol. The van der Waals surface area contributed by atoms with Crippen LogP contribution in [0.2, 0.25) is 0 Å². The van der Waals surface area contributed by atoms with Crippen LogP contribution in [0.15, 0.2) is 28.7 Å². The van der Waals surface area contributed by atoms with Gasteiger partial charge in [-0.25, -0.2) is 0 Å². The van der Waals surface area contributed by atoms with E-state index in [1.807, 2.05) is 24.3 Å². The van der Waals surface area contributed by atoms with Gasteiger partial charge in [0.05, 0.1) is 14.2 Å². The van der Waals surface area contributed by atoms with E-state index in [0.29, 0.717) is 19.3 Å². The molecule has 1 unspecified atom stereocenters. The van der Waals surface area contributed by atoms with Crippen molar-refractivity contribution in [2.75, 3.05) is 14.2 Å². The summed E-state index contributed by atoms with van der Waals surface area (Å²) >= 11 is 3.49. The van der Waals surface area contributed by atoms with Crippen LogP contribution in [0.3, 0.4) is 0 Å². The first-order chi connectivity index (χ1) is 10.5. The summed E-state index contributed by atoms with van der Waals surface area (Å²) in [4.78, 5) is 23.3. The van der Waals surface area contributed by atoms with Gasteiger partial charge < -0.3 is 9.47 Å². The van der Waals surface area contributed by atoms with Crippen LogP contribution in [0, 0.1) is 24.2 Å². The molecule has 0 aliphatic carbocycles. The number of esters is 2. The largest absolute Gasteiger partial charge is 0.468 e. The van der Waals surface area contributed by atoms with E-state index in [4.69, 9.17) is 6.42 Å². The molecule has 0 saturated heterocycles. The van der Waals surface area contributed by atoms with Crippen LogP contribution in [0.4, 0.5) is 0 Å². The number of hydrogen-bond acceptors (Lipinski definition) is 4. The second-order valence-corrected chi connectivity index (χ2v) is 5.69. The zero-order valence-corrected chi connectivity index (χ0v) is 14.3. The molecule has 0 aliphatic heterocycles. The number of methoxy groups -OCH3 is 2. The van der Waals surface area contributed by atoms with Gasteiger partial charge in [0.25, 0.3) is 0 Å². The quantitative estimate of drug-likeness (QED) is 0.422. The van der Waals surface area contributed by atoms with Crippen molar-refractivity contribution in [3.63, 3.8) is 0 Å². The molecule has 22 heavy (non-hydrogen) atoms. The minimum absolute atomic E-state index is 0.0736. The van der Waals surface area contributed by atoms with Crippen molar-refractivity contribution in [3.05, 3.63) is 34.3 Å². The fraction of sp³-hybridized carbons (Fsp3) is 0.412. The van der Waals surface area contributed by atoms with Gasteiger partial charge in [0.1, 0.15) is 0 Å². The molecule has 0 saturated carbocycles. The second-order valence-electron chi connectivity index (χ2n) is 4.84. The molecule has 5 heteroatoms. The van der Waals surface area contributed by atoms with Gasteiger partial charge in [-0.2, -0.15) is 0 Å². The van der Waals surface area contributed by atoms with Crippen LogP contribution in [0.5, 0.6) is 0 Å². The van der Waals surface area contributed by atoms with Gasteiger partial charge in [0.15, 0.2) is 5.92 Å². The Morgan fingerprint density at radius 1 is 1.18 bits per heavy atom. The molecule has 118 valence electrons. The Labute approximate surface area is 139 Å². The molecule has 1 atom stereocenters. The van der Waals surface area contributed by atoms with E-state index in [1.165, 1.54) is 14.2 Å². The maximum absolute atomic E-state index is 11.6. The minimum atomic E-state index is -0.926. The highest BCUT2D eigenvalue weighted by molar-refractivity contribution is 9.10. The third kappa shape index (κ3) is 5.19. The van der Waals surface area contributed by atoms with Gasteiger partial charge in [-0.05, 0) is 30.9 Å². The molecular formula is C17H19BrO4. The number of rotatable bonds is 7. The number of hydrogen-bond donors (Lipinski definition) is 0. The van der Waals surface area contributed by atoms with Crippen LogP contribution < -0.4 is 0 Å². The third-order valence-corrected chi connectivity index (χ3v) is 4.21. The minimum Gasteiger partial charge on any atom is -0.468 e. The fourth-order valence-corrected chi connectivity index (χ4v) is 2.60. The summed E-state index contributed by atoms with van der Waals surface area (Å²) in [6.07, 6.45) is 7.09. The van der Waals surface area contributed by atoms with Crippen LogP contribution in [0.25, 0.3) is 0 Å². The van der Waals surface area contributed by atoms with Crippen molar-refractivity contribution in [2.45, 2.75) is 19.3 Å². The van der Waals surface area contributed by atoms with Gasteiger partial charge >= 0.3 is 11.9 Å². The molecular weight excluding hydrogens is 348 g/mol. The van der Waals surface area contributed by atoms with Crippen LogP contribution in [-0.4, -0.2) is 26.2 Å². The average Bonchev–Trinajstić information content (AvgIpc) is 2.54. The first-order valence-corrected chi connectivity index (χ1v) is 7.68. The Morgan fingerprint density at radius 3 is 2.27 bits per heavy atom.